The van der Waals surface area contributed by atoms with Crippen molar-refractivity contribution in [2.45, 2.75) is 52.1 Å². The van der Waals surface area contributed by atoms with Crippen molar-refractivity contribution in [3.05, 3.63) is 0 Å². The molecule has 15 heavy (non-hydrogen) atoms. The first-order valence-corrected chi connectivity index (χ1v) is 5.38. The van der Waals surface area contributed by atoms with Gasteiger partial charge in [0.2, 0.25) is 11.8 Å². The van der Waals surface area contributed by atoms with Crippen LogP contribution in [0.1, 0.15) is 41.0 Å². The molecule has 0 radical (unpaired) electrons. The normalized spacial score (nSPS) is 23.9. The minimum absolute atomic E-state index is 0.00560. The van der Waals surface area contributed by atoms with Gasteiger partial charge in [-0.2, -0.15) is 0 Å². The van der Waals surface area contributed by atoms with Crippen molar-refractivity contribution in [1.82, 2.24) is 10.2 Å². The van der Waals surface area contributed by atoms with E-state index in [1.807, 2.05) is 6.92 Å². The molecule has 1 saturated heterocycles. The molecule has 0 bridgehead atoms. The maximum Gasteiger partial charge on any atom is 0.248 e. The van der Waals surface area contributed by atoms with E-state index in [1.165, 1.54) is 0 Å². The second-order valence-corrected chi connectivity index (χ2v) is 5.09. The number of hydrogen-bond acceptors (Lipinski definition) is 2. The quantitative estimate of drug-likeness (QED) is 0.739. The first-order valence-electron chi connectivity index (χ1n) is 5.38. The number of piperazine rings is 1. The van der Waals surface area contributed by atoms with Crippen LogP contribution in [0.5, 0.6) is 0 Å². The predicted octanol–water partition coefficient (Wildman–Crippen LogP) is 0.912. The molecule has 2 amide bonds. The highest BCUT2D eigenvalue weighted by Crippen LogP contribution is 2.25. The van der Waals surface area contributed by atoms with Gasteiger partial charge in [-0.25, -0.2) is 0 Å². The van der Waals surface area contributed by atoms with Gasteiger partial charge in [0.1, 0.15) is 11.1 Å². The number of carbonyl (C=O) groups excluding carboxylic acids is 2. The van der Waals surface area contributed by atoms with E-state index in [0.717, 1.165) is 6.42 Å². The van der Waals surface area contributed by atoms with Gasteiger partial charge in [0.05, 0.1) is 0 Å². The van der Waals surface area contributed by atoms with Crippen LogP contribution in [0.25, 0.3) is 0 Å². The zero-order valence-corrected chi connectivity index (χ0v) is 10.2. The molecule has 1 rings (SSSR count). The number of hydrogen-bond donors (Lipinski definition) is 1. The highest BCUT2D eigenvalue weighted by molar-refractivity contribution is 6.01. The van der Waals surface area contributed by atoms with Gasteiger partial charge in [-0.15, -0.1) is 0 Å². The first kappa shape index (κ1) is 12.0. The molecule has 4 heteroatoms. The standard InChI is InChI=1S/C11H20N2O2/c1-6-7-13-9(15)10(2,3)12-8(14)11(13,4)5/h6-7H2,1-5H3,(H,12,14). The molecule has 4 nitrogen and oxygen atoms in total. The highest BCUT2D eigenvalue weighted by Gasteiger charge is 2.49. The van der Waals surface area contributed by atoms with Crippen molar-refractivity contribution < 1.29 is 9.59 Å². The lowest BCUT2D eigenvalue weighted by molar-refractivity contribution is -0.159. The van der Waals surface area contributed by atoms with Gasteiger partial charge in [0.15, 0.2) is 0 Å². The van der Waals surface area contributed by atoms with Crippen LogP contribution in [0.3, 0.4) is 0 Å². The molecule has 1 N–H and O–H groups in total. The van der Waals surface area contributed by atoms with E-state index >= 15 is 0 Å². The van der Waals surface area contributed by atoms with Crippen LogP contribution in [0.2, 0.25) is 0 Å². The molecule has 0 unspecified atom stereocenters. The Kier molecular flexibility index (Phi) is 2.81. The van der Waals surface area contributed by atoms with Crippen molar-refractivity contribution in [3.8, 4) is 0 Å². The van der Waals surface area contributed by atoms with Gasteiger partial charge in [-0.3, -0.25) is 9.59 Å². The molecule has 0 aromatic rings. The summed E-state index contributed by atoms with van der Waals surface area (Å²) in [6.45, 7) is 9.68. The first-order chi connectivity index (χ1) is 6.73. The Morgan fingerprint density at radius 3 is 2.20 bits per heavy atom. The smallest absolute Gasteiger partial charge is 0.248 e. The average molecular weight is 212 g/mol. The molecule has 86 valence electrons. The second kappa shape index (κ2) is 3.51. The van der Waals surface area contributed by atoms with Crippen LogP contribution < -0.4 is 5.32 Å². The molecule has 1 aliphatic rings. The molecule has 1 aliphatic heterocycles. The summed E-state index contributed by atoms with van der Waals surface area (Å²) < 4.78 is 0. The maximum atomic E-state index is 12.1. The van der Waals surface area contributed by atoms with Crippen LogP contribution in [-0.4, -0.2) is 34.3 Å². The highest BCUT2D eigenvalue weighted by atomic mass is 16.2. The topological polar surface area (TPSA) is 49.4 Å². The summed E-state index contributed by atoms with van der Waals surface area (Å²) in [7, 11) is 0. The fraction of sp³-hybridized carbons (Fsp3) is 0.818. The Bertz CT molecular complexity index is 295. The summed E-state index contributed by atoms with van der Waals surface area (Å²) in [5.41, 5.74) is -1.51. The van der Waals surface area contributed by atoms with E-state index in [2.05, 4.69) is 5.32 Å². The number of carbonyl (C=O) groups is 2. The third-order valence-corrected chi connectivity index (χ3v) is 2.88. The molecule has 0 saturated carbocycles. The summed E-state index contributed by atoms with van der Waals surface area (Å²) in [5, 5.41) is 2.75. The lowest BCUT2D eigenvalue weighted by Crippen LogP contribution is -2.72. The minimum atomic E-state index is -0.776. The number of rotatable bonds is 2. The van der Waals surface area contributed by atoms with Crippen LogP contribution in [0.4, 0.5) is 0 Å². The van der Waals surface area contributed by atoms with E-state index in [9.17, 15) is 9.59 Å². The fourth-order valence-corrected chi connectivity index (χ4v) is 1.81. The largest absolute Gasteiger partial charge is 0.340 e. The van der Waals surface area contributed by atoms with Crippen molar-refractivity contribution in [3.63, 3.8) is 0 Å². The van der Waals surface area contributed by atoms with E-state index < -0.39 is 11.1 Å². The molecule has 0 atom stereocenters. The van der Waals surface area contributed by atoms with Crippen molar-refractivity contribution in [1.29, 1.82) is 0 Å². The third-order valence-electron chi connectivity index (χ3n) is 2.88. The van der Waals surface area contributed by atoms with E-state index in [4.69, 9.17) is 0 Å². The number of nitrogens with one attached hydrogen (secondary N) is 1. The second-order valence-electron chi connectivity index (χ2n) is 5.09. The summed E-state index contributed by atoms with van der Waals surface area (Å²) in [6, 6.07) is 0. The maximum absolute atomic E-state index is 12.1. The van der Waals surface area contributed by atoms with Crippen molar-refractivity contribution in [2.24, 2.45) is 0 Å². The summed E-state index contributed by atoms with van der Waals surface area (Å²) in [5.74, 6) is -0.0884. The Hall–Kier alpha value is -1.06. The average Bonchev–Trinajstić information content (AvgIpc) is 2.10. The van der Waals surface area contributed by atoms with Crippen molar-refractivity contribution in [2.75, 3.05) is 6.54 Å². The van der Waals surface area contributed by atoms with Crippen LogP contribution in [-0.2, 0) is 9.59 Å². The fourth-order valence-electron chi connectivity index (χ4n) is 1.81. The van der Waals surface area contributed by atoms with Crippen LogP contribution >= 0.6 is 0 Å². The van der Waals surface area contributed by atoms with Gasteiger partial charge in [0.25, 0.3) is 0 Å². The zero-order valence-electron chi connectivity index (χ0n) is 10.2. The number of nitrogens with zero attached hydrogens (tertiary/aromatic N) is 1. The van der Waals surface area contributed by atoms with Gasteiger partial charge in [-0.1, -0.05) is 6.92 Å². The summed E-state index contributed by atoms with van der Waals surface area (Å²) in [6.07, 6.45) is 0.860. The molecule has 1 fully saturated rings. The summed E-state index contributed by atoms with van der Waals surface area (Å²) >= 11 is 0. The van der Waals surface area contributed by atoms with Gasteiger partial charge in [0, 0.05) is 6.54 Å². The Morgan fingerprint density at radius 2 is 1.73 bits per heavy atom. The van der Waals surface area contributed by atoms with E-state index in [-0.39, 0.29) is 11.8 Å². The van der Waals surface area contributed by atoms with Crippen molar-refractivity contribution >= 4 is 11.8 Å². The lowest BCUT2D eigenvalue weighted by atomic mass is 9.89. The van der Waals surface area contributed by atoms with Gasteiger partial charge >= 0.3 is 0 Å². The summed E-state index contributed by atoms with van der Waals surface area (Å²) in [4.78, 5) is 25.6. The molecule has 1 heterocycles. The van der Waals surface area contributed by atoms with Gasteiger partial charge < -0.3 is 10.2 Å². The zero-order chi connectivity index (χ0) is 11.9. The molecule has 0 aromatic carbocycles. The van der Waals surface area contributed by atoms with Crippen LogP contribution in [0.15, 0.2) is 0 Å². The molecular weight excluding hydrogens is 192 g/mol. The minimum Gasteiger partial charge on any atom is -0.340 e. The van der Waals surface area contributed by atoms with Gasteiger partial charge in [-0.05, 0) is 34.1 Å². The molecular formula is C11H20N2O2. The Labute approximate surface area is 91.0 Å². The third kappa shape index (κ3) is 1.85. The monoisotopic (exact) mass is 212 g/mol. The molecule has 0 spiro atoms. The lowest BCUT2D eigenvalue weighted by Gasteiger charge is -2.47. The SMILES string of the molecule is CCCN1C(=O)C(C)(C)NC(=O)C1(C)C. The Balaban J connectivity index is 3.06. The van der Waals surface area contributed by atoms with E-state index in [0.29, 0.717) is 6.54 Å². The molecule has 0 aliphatic carbocycles. The molecule has 0 aromatic heterocycles. The Morgan fingerprint density at radius 1 is 1.20 bits per heavy atom. The predicted molar refractivity (Wildman–Crippen MR) is 58.3 cm³/mol. The number of amides is 2. The van der Waals surface area contributed by atoms with Crippen LogP contribution in [0, 0.1) is 0 Å². The van der Waals surface area contributed by atoms with E-state index in [1.54, 1.807) is 32.6 Å².